The Balaban J connectivity index is 1.46. The van der Waals surface area contributed by atoms with Gasteiger partial charge < -0.3 is 95.9 Å². The molecule has 0 bridgehead atoms. The zero-order valence-corrected chi connectivity index (χ0v) is 28.3. The number of methoxy groups -OCH3 is 1. The quantitative estimate of drug-likeness (QED) is 0.0832. The van der Waals surface area contributed by atoms with Crippen LogP contribution in [0.5, 0.6) is 0 Å². The number of ether oxygens (including phenoxy) is 3. The summed E-state index contributed by atoms with van der Waals surface area (Å²) in [5.41, 5.74) is 0. The molecule has 0 spiro atoms. The lowest BCUT2D eigenvalue weighted by molar-refractivity contribution is -0.250. The summed E-state index contributed by atoms with van der Waals surface area (Å²) in [6.07, 6.45) is -27.4. The van der Waals surface area contributed by atoms with E-state index in [0.717, 1.165) is 7.11 Å². The molecule has 0 amide bonds. The van der Waals surface area contributed by atoms with Gasteiger partial charge in [-0.1, -0.05) is 0 Å². The van der Waals surface area contributed by atoms with E-state index in [0.29, 0.717) is 0 Å². The first-order valence-electron chi connectivity index (χ1n) is 17.5. The van der Waals surface area contributed by atoms with Crippen molar-refractivity contribution >= 4 is 0 Å². The fraction of sp³-hybridized carbons (Fsp3) is 1.00. The average Bonchev–Trinajstić information content (AvgIpc) is 3.12. The molecule has 16 N–H and O–H groups in total. The summed E-state index contributed by atoms with van der Waals surface area (Å²) in [7, 11) is 1.13. The number of rotatable bonds is 13. The normalized spacial score (nSPS) is 50.1. The first-order chi connectivity index (χ1) is 24.1. The first kappa shape index (κ1) is 43.0. The van der Waals surface area contributed by atoms with Crippen LogP contribution in [0.4, 0.5) is 0 Å². The zero-order valence-electron chi connectivity index (χ0n) is 28.3. The summed E-state index contributed by atoms with van der Waals surface area (Å²) in [5.74, 6) is -6.22. The molecule has 0 aromatic rings. The van der Waals surface area contributed by atoms with Crippen LogP contribution in [-0.4, -0.2) is 219 Å². The van der Waals surface area contributed by atoms with Crippen LogP contribution in [-0.2, 0) is 14.2 Å². The first-order valence-corrected chi connectivity index (χ1v) is 17.5. The summed E-state index contributed by atoms with van der Waals surface area (Å²) < 4.78 is 17.1. The van der Waals surface area contributed by atoms with Gasteiger partial charge in [-0.2, -0.15) is 0 Å². The minimum atomic E-state index is -1.78. The molecule has 0 aliphatic heterocycles. The van der Waals surface area contributed by atoms with E-state index < -0.39 is 166 Å². The molecule has 4 aliphatic carbocycles. The molecule has 22 atom stereocenters. The number of hydrogen-bond donors (Lipinski definition) is 16. The summed E-state index contributed by atoms with van der Waals surface area (Å²) in [4.78, 5) is 0. The van der Waals surface area contributed by atoms with E-state index >= 15 is 0 Å². The minimum Gasteiger partial charge on any atom is -0.396 e. The SMILES string of the molecule is COC(C(O)C1C[C@@H](CO)[C@H](O[C@H]2C[C@@H](CO)[C@@H](O)[C@@H](O)[C@@H]2O)[C@@H](O)[C@@H]1O)C(O)C1C[C@@H](CO)[C@H](O[C@H]2C[C@@H](CO)[C@@H](O)[C@@H](O)[C@@H]2O)[C@@H](O)[C@@H]1O. The Hall–Kier alpha value is -0.760. The number of aliphatic hydroxyl groups is 16. The van der Waals surface area contributed by atoms with Crippen LogP contribution in [0.15, 0.2) is 0 Å². The van der Waals surface area contributed by atoms with Crippen LogP contribution in [0, 0.1) is 35.5 Å². The molecule has 19 heteroatoms. The van der Waals surface area contributed by atoms with E-state index in [4.69, 9.17) is 14.2 Å². The largest absolute Gasteiger partial charge is 0.396 e. The van der Waals surface area contributed by atoms with Crippen molar-refractivity contribution in [2.75, 3.05) is 33.5 Å². The van der Waals surface area contributed by atoms with E-state index in [9.17, 15) is 81.7 Å². The van der Waals surface area contributed by atoms with Crippen molar-refractivity contribution in [2.24, 2.45) is 35.5 Å². The Morgan fingerprint density at radius 1 is 0.431 bits per heavy atom. The molecular weight excluding hydrogens is 688 g/mol. The summed E-state index contributed by atoms with van der Waals surface area (Å²) in [6, 6.07) is 0. The molecule has 0 aromatic carbocycles. The molecule has 0 heterocycles. The van der Waals surface area contributed by atoms with Crippen molar-refractivity contribution in [3.8, 4) is 0 Å². The highest BCUT2D eigenvalue weighted by Crippen LogP contribution is 2.42. The number of hydrogen-bond acceptors (Lipinski definition) is 19. The smallest absolute Gasteiger partial charge is 0.110 e. The highest BCUT2D eigenvalue weighted by molar-refractivity contribution is 5.04. The van der Waals surface area contributed by atoms with Crippen LogP contribution < -0.4 is 0 Å². The van der Waals surface area contributed by atoms with E-state index in [1.54, 1.807) is 0 Å². The van der Waals surface area contributed by atoms with E-state index in [1.165, 1.54) is 0 Å². The van der Waals surface area contributed by atoms with Crippen molar-refractivity contribution in [3.05, 3.63) is 0 Å². The minimum absolute atomic E-state index is 0.122. The topological polar surface area (TPSA) is 351 Å². The predicted octanol–water partition coefficient (Wildman–Crippen LogP) is -7.88. The van der Waals surface area contributed by atoms with Crippen LogP contribution in [0.25, 0.3) is 0 Å². The molecule has 4 unspecified atom stereocenters. The maximum Gasteiger partial charge on any atom is 0.110 e. The van der Waals surface area contributed by atoms with Crippen molar-refractivity contribution in [1.82, 2.24) is 0 Å². The number of aliphatic hydroxyl groups excluding tert-OH is 16. The molecule has 4 saturated carbocycles. The molecule has 4 rings (SSSR count). The van der Waals surface area contributed by atoms with Crippen LogP contribution in [0.3, 0.4) is 0 Å². The molecule has 4 aliphatic rings. The van der Waals surface area contributed by atoms with Crippen LogP contribution in [0.1, 0.15) is 25.7 Å². The predicted molar refractivity (Wildman–Crippen MR) is 168 cm³/mol. The molecule has 0 radical (unpaired) electrons. The van der Waals surface area contributed by atoms with Gasteiger partial charge in [0.2, 0.25) is 0 Å². The van der Waals surface area contributed by atoms with Crippen LogP contribution >= 0.6 is 0 Å². The lowest BCUT2D eigenvalue weighted by atomic mass is 9.68. The summed E-state index contributed by atoms with van der Waals surface area (Å²) in [6.45, 7) is -2.34. The highest BCUT2D eigenvalue weighted by Gasteiger charge is 2.55. The van der Waals surface area contributed by atoms with Gasteiger partial charge in [0.15, 0.2) is 0 Å². The Morgan fingerprint density at radius 2 is 0.765 bits per heavy atom. The molecule has 4 fully saturated rings. The standard InChI is InChI=1S/C32H58O19/c1-49-32(22(41)14-2-12(8-35)30(28(47)20(14)39)50-16-4-10(6-33)18(37)26(45)24(16)43)23(42)15-3-13(9-36)31(29(48)21(15)40)51-17-5-11(7-34)19(38)27(46)25(17)44/h10-48H,2-9H2,1H3/t10-,11-,12-,13-,14?,15?,16-,17-,18+,19+,20+,21+,22?,23?,24+,25+,26+,27+,28-,29-,30-,31-,32?/m0/s1. The van der Waals surface area contributed by atoms with Crippen LogP contribution in [0.2, 0.25) is 0 Å². The maximum absolute atomic E-state index is 11.5. The van der Waals surface area contributed by atoms with Gasteiger partial charge in [0.1, 0.15) is 42.7 Å². The third kappa shape index (κ3) is 8.57. The highest BCUT2D eigenvalue weighted by atomic mass is 16.5. The van der Waals surface area contributed by atoms with Crippen molar-refractivity contribution in [3.63, 3.8) is 0 Å². The maximum atomic E-state index is 11.5. The van der Waals surface area contributed by atoms with Gasteiger partial charge in [-0.25, -0.2) is 0 Å². The summed E-state index contributed by atoms with van der Waals surface area (Å²) >= 11 is 0. The van der Waals surface area contributed by atoms with E-state index in [2.05, 4.69) is 0 Å². The fourth-order valence-corrected chi connectivity index (χ4v) is 8.69. The van der Waals surface area contributed by atoms with Gasteiger partial charge in [-0.15, -0.1) is 0 Å². The third-order valence-electron chi connectivity index (χ3n) is 12.0. The Kier molecular flexibility index (Phi) is 15.4. The molecule has 300 valence electrons. The fourth-order valence-electron chi connectivity index (χ4n) is 8.69. The molecule has 0 saturated heterocycles. The van der Waals surface area contributed by atoms with Gasteiger partial charge in [0.25, 0.3) is 0 Å². The van der Waals surface area contributed by atoms with Crippen molar-refractivity contribution in [1.29, 1.82) is 0 Å². The second-order valence-electron chi connectivity index (χ2n) is 14.9. The molecule has 51 heavy (non-hydrogen) atoms. The Bertz CT molecular complexity index is 974. The van der Waals surface area contributed by atoms with E-state index in [-0.39, 0.29) is 25.7 Å². The second kappa shape index (κ2) is 18.2. The third-order valence-corrected chi connectivity index (χ3v) is 12.0. The molecular formula is C32H58O19. The zero-order chi connectivity index (χ0) is 38.1. The van der Waals surface area contributed by atoms with Gasteiger partial charge in [0.05, 0.1) is 61.0 Å². The molecule has 19 nitrogen and oxygen atoms in total. The van der Waals surface area contributed by atoms with Gasteiger partial charge in [-0.3, -0.25) is 0 Å². The van der Waals surface area contributed by atoms with Gasteiger partial charge in [0, 0.05) is 69.0 Å². The monoisotopic (exact) mass is 746 g/mol. The Morgan fingerprint density at radius 3 is 1.06 bits per heavy atom. The second-order valence-corrected chi connectivity index (χ2v) is 14.9. The van der Waals surface area contributed by atoms with Gasteiger partial charge >= 0.3 is 0 Å². The van der Waals surface area contributed by atoms with Crippen molar-refractivity contribution in [2.45, 2.75) is 129 Å². The average molecular weight is 747 g/mol. The lowest BCUT2D eigenvalue weighted by Gasteiger charge is -2.49. The van der Waals surface area contributed by atoms with Gasteiger partial charge in [-0.05, 0) is 25.7 Å². The van der Waals surface area contributed by atoms with Crippen molar-refractivity contribution < 1.29 is 95.9 Å². The molecule has 0 aromatic heterocycles. The Labute approximate surface area is 294 Å². The summed E-state index contributed by atoms with van der Waals surface area (Å²) in [5, 5.41) is 169. The lowest BCUT2D eigenvalue weighted by Crippen LogP contribution is -2.63. The van der Waals surface area contributed by atoms with E-state index in [1.807, 2.05) is 0 Å².